The average molecular weight is 239 g/mol. The number of anilines is 1. The molecule has 0 aromatic carbocycles. The van der Waals surface area contributed by atoms with Crippen LogP contribution in [0.2, 0.25) is 0 Å². The second-order valence-electron chi connectivity index (χ2n) is 5.51. The van der Waals surface area contributed by atoms with Crippen molar-refractivity contribution in [1.82, 2.24) is 10.5 Å². The van der Waals surface area contributed by atoms with Gasteiger partial charge < -0.3 is 14.9 Å². The summed E-state index contributed by atoms with van der Waals surface area (Å²) in [7, 11) is 0. The van der Waals surface area contributed by atoms with Crippen LogP contribution in [-0.2, 0) is 5.41 Å². The maximum Gasteiger partial charge on any atom is 0.326 e. The molecule has 2 N–H and O–H groups in total. The topological polar surface area (TPSA) is 78.6 Å². The molecule has 94 valence electrons. The second kappa shape index (κ2) is 3.46. The van der Waals surface area contributed by atoms with Crippen LogP contribution in [0.1, 0.15) is 33.4 Å². The van der Waals surface area contributed by atoms with Crippen molar-refractivity contribution in [2.24, 2.45) is 0 Å². The molecule has 0 radical (unpaired) electrons. The van der Waals surface area contributed by atoms with Crippen LogP contribution in [0.3, 0.4) is 0 Å². The molecule has 6 nitrogen and oxygen atoms in total. The van der Waals surface area contributed by atoms with E-state index in [0.29, 0.717) is 0 Å². The second-order valence-corrected chi connectivity index (χ2v) is 5.51. The number of aliphatic hydroxyl groups is 1. The largest absolute Gasteiger partial charge is 0.369 e. The van der Waals surface area contributed by atoms with Crippen molar-refractivity contribution in [1.29, 1.82) is 0 Å². The van der Waals surface area contributed by atoms with Gasteiger partial charge in [0.2, 0.25) is 5.88 Å². The highest BCUT2D eigenvalue weighted by molar-refractivity contribution is 5.94. The Labute approximate surface area is 99.6 Å². The Bertz CT molecular complexity index is 445. The molecule has 0 bridgehead atoms. The summed E-state index contributed by atoms with van der Waals surface area (Å²) >= 11 is 0. The van der Waals surface area contributed by atoms with Crippen LogP contribution in [0.25, 0.3) is 0 Å². The molecule has 1 unspecified atom stereocenters. The van der Waals surface area contributed by atoms with Crippen molar-refractivity contribution in [3.05, 3.63) is 11.8 Å². The summed E-state index contributed by atoms with van der Waals surface area (Å²) in [6, 6.07) is 1.30. The van der Waals surface area contributed by atoms with Crippen molar-refractivity contribution >= 4 is 11.9 Å². The molecule has 17 heavy (non-hydrogen) atoms. The van der Waals surface area contributed by atoms with Crippen molar-refractivity contribution < 1.29 is 14.4 Å². The standard InChI is InChI=1S/C11H17N3O3/c1-10(2,3)7-5-8(17-13-7)14-9(15)12-6-11(14,4)16/h5,16H,6H2,1-4H3,(H,12,15). The van der Waals surface area contributed by atoms with Gasteiger partial charge >= 0.3 is 6.03 Å². The minimum atomic E-state index is -1.29. The van der Waals surface area contributed by atoms with Crippen LogP contribution in [0, 0.1) is 0 Å². The van der Waals surface area contributed by atoms with Crippen molar-refractivity contribution in [2.75, 3.05) is 11.4 Å². The van der Waals surface area contributed by atoms with Gasteiger partial charge in [0.05, 0.1) is 12.2 Å². The molecule has 1 atom stereocenters. The molecule has 2 heterocycles. The molecule has 1 aromatic rings. The van der Waals surface area contributed by atoms with Crippen molar-refractivity contribution in [2.45, 2.75) is 38.8 Å². The van der Waals surface area contributed by atoms with E-state index in [1.165, 1.54) is 4.90 Å². The third-order valence-electron chi connectivity index (χ3n) is 2.75. The van der Waals surface area contributed by atoms with Gasteiger partial charge in [-0.3, -0.25) is 0 Å². The Morgan fingerprint density at radius 3 is 2.65 bits per heavy atom. The lowest BCUT2D eigenvalue weighted by Gasteiger charge is -2.24. The Morgan fingerprint density at radius 1 is 1.59 bits per heavy atom. The van der Waals surface area contributed by atoms with Crippen LogP contribution in [-0.4, -0.2) is 28.6 Å². The first kappa shape index (κ1) is 11.9. The highest BCUT2D eigenvalue weighted by Gasteiger charge is 2.43. The SMILES string of the molecule is CC(C)(C)c1cc(N2C(=O)NCC2(C)O)on1. The summed E-state index contributed by atoms with van der Waals surface area (Å²) in [4.78, 5) is 12.8. The zero-order valence-corrected chi connectivity index (χ0v) is 10.4. The number of carbonyl (C=O) groups excluding carboxylic acids is 1. The lowest BCUT2D eigenvalue weighted by Crippen LogP contribution is -2.44. The number of nitrogens with one attached hydrogen (secondary N) is 1. The first-order chi connectivity index (χ1) is 7.72. The van der Waals surface area contributed by atoms with Gasteiger partial charge in [-0.2, -0.15) is 0 Å². The van der Waals surface area contributed by atoms with Crippen molar-refractivity contribution in [3.63, 3.8) is 0 Å². The molecule has 0 saturated carbocycles. The van der Waals surface area contributed by atoms with E-state index < -0.39 is 5.72 Å². The number of carbonyl (C=O) groups is 1. The van der Waals surface area contributed by atoms with Crippen LogP contribution >= 0.6 is 0 Å². The lowest BCUT2D eigenvalue weighted by atomic mass is 9.92. The monoisotopic (exact) mass is 239 g/mol. The molecule has 1 saturated heterocycles. The van der Waals surface area contributed by atoms with E-state index in [1.54, 1.807) is 13.0 Å². The summed E-state index contributed by atoms with van der Waals surface area (Å²) < 4.78 is 5.14. The molecular formula is C11H17N3O3. The van der Waals surface area contributed by atoms with Gasteiger partial charge in [-0.1, -0.05) is 25.9 Å². The molecular weight excluding hydrogens is 222 g/mol. The zero-order chi connectivity index (χ0) is 12.8. The predicted molar refractivity (Wildman–Crippen MR) is 61.7 cm³/mol. The molecule has 2 rings (SSSR count). The first-order valence-corrected chi connectivity index (χ1v) is 5.49. The maximum atomic E-state index is 11.6. The van der Waals surface area contributed by atoms with E-state index in [1.807, 2.05) is 20.8 Å². The van der Waals surface area contributed by atoms with Gasteiger partial charge in [0.15, 0.2) is 5.72 Å². The predicted octanol–water partition coefficient (Wildman–Crippen LogP) is 1.21. The molecule has 1 aliphatic heterocycles. The summed E-state index contributed by atoms with van der Waals surface area (Å²) in [5.41, 5.74) is -0.710. The van der Waals surface area contributed by atoms with Gasteiger partial charge in [-0.05, 0) is 6.92 Å². The number of rotatable bonds is 1. The number of hydrogen-bond donors (Lipinski definition) is 2. The maximum absolute atomic E-state index is 11.6. The van der Waals surface area contributed by atoms with Crippen molar-refractivity contribution in [3.8, 4) is 0 Å². The third-order valence-corrected chi connectivity index (χ3v) is 2.75. The Morgan fingerprint density at radius 2 is 2.24 bits per heavy atom. The lowest BCUT2D eigenvalue weighted by molar-refractivity contribution is 0.0816. The Hall–Kier alpha value is -1.56. The molecule has 0 spiro atoms. The molecule has 0 aliphatic carbocycles. The number of urea groups is 1. The number of hydrogen-bond acceptors (Lipinski definition) is 4. The van der Waals surface area contributed by atoms with E-state index >= 15 is 0 Å². The fraction of sp³-hybridized carbons (Fsp3) is 0.636. The smallest absolute Gasteiger partial charge is 0.326 e. The van der Waals surface area contributed by atoms with Crippen LogP contribution < -0.4 is 10.2 Å². The van der Waals surface area contributed by atoms with Crippen LogP contribution in [0.4, 0.5) is 10.7 Å². The van der Waals surface area contributed by atoms with Gasteiger partial charge in [0.1, 0.15) is 0 Å². The van der Waals surface area contributed by atoms with E-state index in [9.17, 15) is 9.90 Å². The fourth-order valence-electron chi connectivity index (χ4n) is 1.68. The summed E-state index contributed by atoms with van der Waals surface area (Å²) in [6.07, 6.45) is 0. The van der Waals surface area contributed by atoms with E-state index in [-0.39, 0.29) is 23.9 Å². The number of amides is 2. The zero-order valence-electron chi connectivity index (χ0n) is 10.4. The quantitative estimate of drug-likeness (QED) is 0.772. The van der Waals surface area contributed by atoms with Gasteiger partial charge in [-0.25, -0.2) is 9.69 Å². The van der Waals surface area contributed by atoms with Gasteiger partial charge in [0.25, 0.3) is 0 Å². The molecule has 1 aromatic heterocycles. The fourth-order valence-corrected chi connectivity index (χ4v) is 1.68. The van der Waals surface area contributed by atoms with E-state index in [0.717, 1.165) is 5.69 Å². The van der Waals surface area contributed by atoms with Gasteiger partial charge in [0, 0.05) is 11.5 Å². The Kier molecular flexibility index (Phi) is 2.43. The summed E-state index contributed by atoms with van der Waals surface area (Å²) in [5.74, 6) is 0.259. The normalized spacial score (nSPS) is 25.2. The van der Waals surface area contributed by atoms with E-state index in [2.05, 4.69) is 10.5 Å². The average Bonchev–Trinajstić information content (AvgIpc) is 2.70. The third kappa shape index (κ3) is 2.00. The van der Waals surface area contributed by atoms with Crippen LogP contribution in [0.5, 0.6) is 0 Å². The highest BCUT2D eigenvalue weighted by Crippen LogP contribution is 2.30. The summed E-state index contributed by atoms with van der Waals surface area (Å²) in [6.45, 7) is 7.70. The molecule has 6 heteroatoms. The number of β-amino-alcohol motifs (C(OH)–C–C–N with tert-alkyl or cyclic N) is 1. The Balaban J connectivity index is 2.35. The minimum absolute atomic E-state index is 0.163. The number of nitrogens with zero attached hydrogens (tertiary/aromatic N) is 2. The molecule has 1 fully saturated rings. The highest BCUT2D eigenvalue weighted by atomic mass is 16.5. The molecule has 1 aliphatic rings. The minimum Gasteiger partial charge on any atom is -0.369 e. The summed E-state index contributed by atoms with van der Waals surface area (Å²) in [5, 5.41) is 16.5. The molecule has 2 amide bonds. The number of aromatic nitrogens is 1. The first-order valence-electron chi connectivity index (χ1n) is 5.49. The van der Waals surface area contributed by atoms with Crippen LogP contribution in [0.15, 0.2) is 10.6 Å². The van der Waals surface area contributed by atoms with Gasteiger partial charge in [-0.15, -0.1) is 0 Å². The van der Waals surface area contributed by atoms with E-state index in [4.69, 9.17) is 4.52 Å².